The molecule has 14 heavy (non-hydrogen) atoms. The van der Waals surface area contributed by atoms with Crippen molar-refractivity contribution in [3.8, 4) is 0 Å². The molecule has 0 aromatic carbocycles. The van der Waals surface area contributed by atoms with Crippen LogP contribution in [0.2, 0.25) is 0 Å². The first kappa shape index (κ1) is 10.5. The van der Waals surface area contributed by atoms with Crippen molar-refractivity contribution in [2.24, 2.45) is 11.3 Å². The lowest BCUT2D eigenvalue weighted by atomic mass is 10.00. The van der Waals surface area contributed by atoms with Crippen molar-refractivity contribution in [2.75, 3.05) is 6.54 Å². The fourth-order valence-corrected chi connectivity index (χ4v) is 2.58. The van der Waals surface area contributed by atoms with Crippen molar-refractivity contribution < 1.29 is 0 Å². The predicted molar refractivity (Wildman–Crippen MR) is 61.4 cm³/mol. The van der Waals surface area contributed by atoms with E-state index in [1.54, 1.807) is 0 Å². The average Bonchev–Trinajstić information content (AvgIpc) is 3.03. The summed E-state index contributed by atoms with van der Waals surface area (Å²) in [6.07, 6.45) is 10.1. The van der Waals surface area contributed by atoms with Crippen LogP contribution in [0.3, 0.4) is 0 Å². The summed E-state index contributed by atoms with van der Waals surface area (Å²) in [5.74, 6) is 1.10. The molecular weight excluding hydrogens is 170 g/mol. The van der Waals surface area contributed by atoms with Gasteiger partial charge in [0.25, 0.3) is 0 Å². The Labute approximate surface area is 88.7 Å². The van der Waals surface area contributed by atoms with Gasteiger partial charge in [-0.2, -0.15) is 0 Å². The molecule has 2 aliphatic rings. The van der Waals surface area contributed by atoms with E-state index in [0.29, 0.717) is 0 Å². The third kappa shape index (κ3) is 2.50. The number of hydrogen-bond donors (Lipinski definition) is 1. The molecule has 0 amide bonds. The Morgan fingerprint density at radius 3 is 2.57 bits per heavy atom. The van der Waals surface area contributed by atoms with E-state index in [-0.39, 0.29) is 0 Å². The lowest BCUT2D eigenvalue weighted by Gasteiger charge is -2.19. The van der Waals surface area contributed by atoms with Crippen molar-refractivity contribution >= 4 is 0 Å². The zero-order valence-corrected chi connectivity index (χ0v) is 9.81. The molecule has 0 saturated heterocycles. The van der Waals surface area contributed by atoms with E-state index >= 15 is 0 Å². The Kier molecular flexibility index (Phi) is 3.16. The summed E-state index contributed by atoms with van der Waals surface area (Å²) >= 11 is 0. The molecule has 1 N–H and O–H groups in total. The first-order valence-electron chi connectivity index (χ1n) is 6.50. The fourth-order valence-electron chi connectivity index (χ4n) is 2.58. The van der Waals surface area contributed by atoms with Crippen molar-refractivity contribution in [1.29, 1.82) is 0 Å². The Bertz CT molecular complexity index is 180. The van der Waals surface area contributed by atoms with Gasteiger partial charge in [0.05, 0.1) is 0 Å². The quantitative estimate of drug-likeness (QED) is 0.657. The van der Waals surface area contributed by atoms with E-state index in [1.807, 2.05) is 0 Å². The largest absolute Gasteiger partial charge is 0.314 e. The summed E-state index contributed by atoms with van der Waals surface area (Å²) in [6.45, 7) is 5.93. The zero-order valence-electron chi connectivity index (χ0n) is 9.81. The molecule has 0 bridgehead atoms. The highest BCUT2D eigenvalue weighted by molar-refractivity contribution is 5.05. The highest BCUT2D eigenvalue weighted by Gasteiger charge is 2.53. The van der Waals surface area contributed by atoms with Gasteiger partial charge in [0.15, 0.2) is 0 Å². The fraction of sp³-hybridized carbons (Fsp3) is 1.00. The molecule has 2 fully saturated rings. The van der Waals surface area contributed by atoms with E-state index < -0.39 is 0 Å². The number of unbranched alkanes of at least 4 members (excludes halogenated alkanes) is 1. The lowest BCUT2D eigenvalue weighted by molar-refractivity contribution is 0.368. The molecular formula is C13H25N. The topological polar surface area (TPSA) is 12.0 Å². The summed E-state index contributed by atoms with van der Waals surface area (Å²) in [5.41, 5.74) is 0.778. The standard InChI is InChI=1S/C13H25N/c1-3-4-5-11(2)14-10-13(8-9-13)12-6-7-12/h11-12,14H,3-10H2,1-2H3. The lowest BCUT2D eigenvalue weighted by Crippen LogP contribution is -2.32. The number of hydrogen-bond acceptors (Lipinski definition) is 1. The predicted octanol–water partition coefficient (Wildman–Crippen LogP) is 3.34. The summed E-state index contributed by atoms with van der Waals surface area (Å²) in [4.78, 5) is 0. The van der Waals surface area contributed by atoms with Crippen LogP contribution >= 0.6 is 0 Å². The van der Waals surface area contributed by atoms with Gasteiger partial charge in [-0.3, -0.25) is 0 Å². The van der Waals surface area contributed by atoms with Crippen LogP contribution in [0.1, 0.15) is 58.8 Å². The Morgan fingerprint density at radius 1 is 1.36 bits per heavy atom. The summed E-state index contributed by atoms with van der Waals surface area (Å²) in [7, 11) is 0. The highest BCUT2D eigenvalue weighted by atomic mass is 14.9. The Balaban J connectivity index is 1.61. The minimum atomic E-state index is 0.742. The summed E-state index contributed by atoms with van der Waals surface area (Å²) in [5, 5.41) is 3.74. The van der Waals surface area contributed by atoms with Gasteiger partial charge >= 0.3 is 0 Å². The van der Waals surface area contributed by atoms with Gasteiger partial charge < -0.3 is 5.32 Å². The van der Waals surface area contributed by atoms with Gasteiger partial charge in [0.2, 0.25) is 0 Å². The van der Waals surface area contributed by atoms with Crippen LogP contribution in [0.25, 0.3) is 0 Å². The monoisotopic (exact) mass is 195 g/mol. The van der Waals surface area contributed by atoms with Gasteiger partial charge in [-0.1, -0.05) is 19.8 Å². The molecule has 82 valence electrons. The molecule has 0 spiro atoms. The molecule has 1 unspecified atom stereocenters. The van der Waals surface area contributed by atoms with Crippen LogP contribution in [-0.4, -0.2) is 12.6 Å². The van der Waals surface area contributed by atoms with Gasteiger partial charge in [0, 0.05) is 12.6 Å². The number of rotatable bonds is 7. The molecule has 2 rings (SSSR count). The minimum absolute atomic E-state index is 0.742. The maximum Gasteiger partial charge on any atom is 0.00389 e. The van der Waals surface area contributed by atoms with E-state index in [0.717, 1.165) is 17.4 Å². The van der Waals surface area contributed by atoms with Crippen LogP contribution in [0.5, 0.6) is 0 Å². The molecule has 0 aromatic rings. The van der Waals surface area contributed by atoms with Gasteiger partial charge in [-0.25, -0.2) is 0 Å². The molecule has 0 heterocycles. The Morgan fingerprint density at radius 2 is 2.07 bits per heavy atom. The van der Waals surface area contributed by atoms with Crippen molar-refractivity contribution in [3.05, 3.63) is 0 Å². The molecule has 0 aliphatic heterocycles. The maximum absolute atomic E-state index is 3.74. The van der Waals surface area contributed by atoms with Crippen LogP contribution < -0.4 is 5.32 Å². The van der Waals surface area contributed by atoms with E-state index in [4.69, 9.17) is 0 Å². The van der Waals surface area contributed by atoms with Crippen LogP contribution in [0, 0.1) is 11.3 Å². The van der Waals surface area contributed by atoms with E-state index in [9.17, 15) is 0 Å². The molecule has 1 heteroatoms. The second-order valence-electron chi connectivity index (χ2n) is 5.56. The molecule has 0 aromatic heterocycles. The van der Waals surface area contributed by atoms with Crippen LogP contribution in [-0.2, 0) is 0 Å². The maximum atomic E-state index is 3.74. The smallest absolute Gasteiger partial charge is 0.00389 e. The molecule has 1 atom stereocenters. The normalized spacial score (nSPS) is 26.1. The van der Waals surface area contributed by atoms with E-state index in [2.05, 4.69) is 19.2 Å². The van der Waals surface area contributed by atoms with Crippen molar-refractivity contribution in [3.63, 3.8) is 0 Å². The molecule has 0 radical (unpaired) electrons. The van der Waals surface area contributed by atoms with Crippen LogP contribution in [0.15, 0.2) is 0 Å². The molecule has 1 nitrogen and oxygen atoms in total. The third-order valence-corrected chi connectivity index (χ3v) is 4.13. The van der Waals surface area contributed by atoms with Gasteiger partial charge in [-0.15, -0.1) is 0 Å². The summed E-state index contributed by atoms with van der Waals surface area (Å²) < 4.78 is 0. The van der Waals surface area contributed by atoms with Crippen LogP contribution in [0.4, 0.5) is 0 Å². The third-order valence-electron chi connectivity index (χ3n) is 4.13. The zero-order chi connectivity index (χ0) is 10.0. The molecule has 2 saturated carbocycles. The van der Waals surface area contributed by atoms with Crippen molar-refractivity contribution in [2.45, 2.75) is 64.8 Å². The summed E-state index contributed by atoms with van der Waals surface area (Å²) in [6, 6.07) is 0.742. The minimum Gasteiger partial charge on any atom is -0.314 e. The highest BCUT2D eigenvalue weighted by Crippen LogP contribution is 2.60. The average molecular weight is 195 g/mol. The molecule has 2 aliphatic carbocycles. The second kappa shape index (κ2) is 4.22. The second-order valence-corrected chi connectivity index (χ2v) is 5.56. The Hall–Kier alpha value is -0.0400. The first-order valence-corrected chi connectivity index (χ1v) is 6.50. The van der Waals surface area contributed by atoms with Gasteiger partial charge in [-0.05, 0) is 50.4 Å². The first-order chi connectivity index (χ1) is 6.77. The SMILES string of the molecule is CCCCC(C)NCC1(C2CC2)CC1. The van der Waals surface area contributed by atoms with E-state index in [1.165, 1.54) is 51.5 Å². The number of nitrogens with one attached hydrogen (secondary N) is 1. The van der Waals surface area contributed by atoms with Crippen molar-refractivity contribution in [1.82, 2.24) is 5.32 Å². The van der Waals surface area contributed by atoms with Gasteiger partial charge in [0.1, 0.15) is 0 Å².